The summed E-state index contributed by atoms with van der Waals surface area (Å²) in [4.78, 5) is 21.7. The Bertz CT molecular complexity index is 657. The lowest BCUT2D eigenvalue weighted by molar-refractivity contribution is 0.0935. The number of hydrogen-bond donors (Lipinski definition) is 1. The van der Waals surface area contributed by atoms with Gasteiger partial charge in [-0.2, -0.15) is 0 Å². The second-order valence-electron chi connectivity index (χ2n) is 4.92. The van der Waals surface area contributed by atoms with Crippen LogP contribution in [-0.4, -0.2) is 15.9 Å². The van der Waals surface area contributed by atoms with Crippen LogP contribution in [0.1, 0.15) is 53.9 Å². The molecule has 0 aliphatic heterocycles. The van der Waals surface area contributed by atoms with E-state index in [1.807, 2.05) is 26.8 Å². The maximum Gasteiger partial charge on any atom is 0.272 e. The first kappa shape index (κ1) is 16.2. The second kappa shape index (κ2) is 6.73. The predicted molar refractivity (Wildman–Crippen MR) is 86.3 cm³/mol. The van der Waals surface area contributed by atoms with Crippen molar-refractivity contribution in [2.45, 2.75) is 32.7 Å². The summed E-state index contributed by atoms with van der Waals surface area (Å²) in [7, 11) is 0. The molecule has 1 amide bonds. The SMILES string of the molecule is CC(C)c1ncc(Cl)c(C(=O)NC(C)c2ccc(Cl)s2)n1. The van der Waals surface area contributed by atoms with Gasteiger partial charge in [0.2, 0.25) is 0 Å². The van der Waals surface area contributed by atoms with Crippen molar-refractivity contribution in [1.29, 1.82) is 0 Å². The van der Waals surface area contributed by atoms with E-state index in [0.29, 0.717) is 10.2 Å². The van der Waals surface area contributed by atoms with E-state index >= 15 is 0 Å². The largest absolute Gasteiger partial charge is 0.343 e. The zero-order chi connectivity index (χ0) is 15.6. The number of nitrogens with zero attached hydrogens (tertiary/aromatic N) is 2. The molecule has 2 aromatic heterocycles. The van der Waals surface area contributed by atoms with E-state index in [1.165, 1.54) is 17.5 Å². The smallest absolute Gasteiger partial charge is 0.272 e. The van der Waals surface area contributed by atoms with Crippen LogP contribution in [0.4, 0.5) is 0 Å². The average Bonchev–Trinajstić information content (AvgIpc) is 2.85. The van der Waals surface area contributed by atoms with Crippen molar-refractivity contribution in [2.24, 2.45) is 0 Å². The summed E-state index contributed by atoms with van der Waals surface area (Å²) in [6.07, 6.45) is 1.46. The molecule has 2 rings (SSSR count). The van der Waals surface area contributed by atoms with E-state index in [9.17, 15) is 4.79 Å². The van der Waals surface area contributed by atoms with E-state index in [-0.39, 0.29) is 28.6 Å². The van der Waals surface area contributed by atoms with Crippen LogP contribution in [0.3, 0.4) is 0 Å². The van der Waals surface area contributed by atoms with Crippen molar-refractivity contribution in [3.63, 3.8) is 0 Å². The van der Waals surface area contributed by atoms with Gasteiger partial charge in [-0.25, -0.2) is 9.97 Å². The molecule has 1 atom stereocenters. The molecule has 21 heavy (non-hydrogen) atoms. The van der Waals surface area contributed by atoms with E-state index in [2.05, 4.69) is 15.3 Å². The number of hydrogen-bond acceptors (Lipinski definition) is 4. The van der Waals surface area contributed by atoms with Gasteiger partial charge in [-0.05, 0) is 19.1 Å². The van der Waals surface area contributed by atoms with Crippen molar-refractivity contribution in [2.75, 3.05) is 0 Å². The zero-order valence-corrected chi connectivity index (χ0v) is 14.2. The van der Waals surface area contributed by atoms with Crippen LogP contribution in [0.25, 0.3) is 0 Å². The minimum Gasteiger partial charge on any atom is -0.343 e. The minimum atomic E-state index is -0.318. The van der Waals surface area contributed by atoms with E-state index < -0.39 is 0 Å². The second-order valence-corrected chi connectivity index (χ2v) is 7.07. The highest BCUT2D eigenvalue weighted by Gasteiger charge is 2.18. The first-order valence-corrected chi connectivity index (χ1v) is 8.04. The molecule has 0 fully saturated rings. The van der Waals surface area contributed by atoms with Crippen LogP contribution >= 0.6 is 34.5 Å². The lowest BCUT2D eigenvalue weighted by atomic mass is 10.2. The van der Waals surface area contributed by atoms with Crippen LogP contribution in [0.2, 0.25) is 9.36 Å². The minimum absolute atomic E-state index is 0.127. The van der Waals surface area contributed by atoms with E-state index in [1.54, 1.807) is 6.07 Å². The first-order chi connectivity index (χ1) is 9.88. The Morgan fingerprint density at radius 3 is 2.57 bits per heavy atom. The highest BCUT2D eigenvalue weighted by molar-refractivity contribution is 7.16. The van der Waals surface area contributed by atoms with Gasteiger partial charge in [0.1, 0.15) is 11.5 Å². The quantitative estimate of drug-likeness (QED) is 0.891. The molecule has 4 nitrogen and oxygen atoms in total. The molecule has 2 heterocycles. The van der Waals surface area contributed by atoms with Gasteiger partial charge in [-0.3, -0.25) is 4.79 Å². The van der Waals surface area contributed by atoms with Gasteiger partial charge in [0.25, 0.3) is 5.91 Å². The molecule has 112 valence electrons. The molecule has 0 aromatic carbocycles. The number of nitrogens with one attached hydrogen (secondary N) is 1. The summed E-state index contributed by atoms with van der Waals surface area (Å²) in [6, 6.07) is 3.53. The van der Waals surface area contributed by atoms with E-state index in [4.69, 9.17) is 23.2 Å². The standard InChI is InChI=1S/C14H15Cl2N3OS/c1-7(2)13-17-6-9(15)12(19-13)14(20)18-8(3)10-4-5-11(16)21-10/h4-8H,1-3H3,(H,18,20). The van der Waals surface area contributed by atoms with Crippen molar-refractivity contribution >= 4 is 40.4 Å². The molecule has 0 saturated heterocycles. The summed E-state index contributed by atoms with van der Waals surface area (Å²) in [5.74, 6) is 0.403. The van der Waals surface area contributed by atoms with Crippen molar-refractivity contribution in [1.82, 2.24) is 15.3 Å². The fraction of sp³-hybridized carbons (Fsp3) is 0.357. The Morgan fingerprint density at radius 2 is 2.00 bits per heavy atom. The molecule has 0 saturated carbocycles. The van der Waals surface area contributed by atoms with Crippen LogP contribution in [0, 0.1) is 0 Å². The third kappa shape index (κ3) is 3.93. The molecule has 0 radical (unpaired) electrons. The zero-order valence-electron chi connectivity index (χ0n) is 11.9. The fourth-order valence-electron chi connectivity index (χ4n) is 1.72. The van der Waals surface area contributed by atoms with Crippen molar-refractivity contribution in [3.8, 4) is 0 Å². The number of carbonyl (C=O) groups is 1. The monoisotopic (exact) mass is 343 g/mol. The Morgan fingerprint density at radius 1 is 1.29 bits per heavy atom. The van der Waals surface area contributed by atoms with Gasteiger partial charge in [-0.1, -0.05) is 37.0 Å². The summed E-state index contributed by atoms with van der Waals surface area (Å²) in [5, 5.41) is 3.11. The molecule has 0 bridgehead atoms. The lowest BCUT2D eigenvalue weighted by Gasteiger charge is -2.13. The average molecular weight is 344 g/mol. The number of rotatable bonds is 4. The Labute approximate surface area is 137 Å². The van der Waals surface area contributed by atoms with Gasteiger partial charge in [0.05, 0.1) is 21.6 Å². The van der Waals surface area contributed by atoms with Gasteiger partial charge >= 0.3 is 0 Å². The van der Waals surface area contributed by atoms with Gasteiger partial charge in [0.15, 0.2) is 0 Å². The van der Waals surface area contributed by atoms with Crippen LogP contribution < -0.4 is 5.32 Å². The third-order valence-electron chi connectivity index (χ3n) is 2.86. The number of amides is 1. The molecule has 0 spiro atoms. The van der Waals surface area contributed by atoms with E-state index in [0.717, 1.165) is 4.88 Å². The highest BCUT2D eigenvalue weighted by Crippen LogP contribution is 2.27. The van der Waals surface area contributed by atoms with Crippen LogP contribution in [0.5, 0.6) is 0 Å². The molecule has 1 unspecified atom stereocenters. The normalized spacial score (nSPS) is 12.5. The third-order valence-corrected chi connectivity index (χ3v) is 4.55. The molecular weight excluding hydrogens is 329 g/mol. The molecule has 2 aromatic rings. The summed E-state index contributed by atoms with van der Waals surface area (Å²) < 4.78 is 0.688. The highest BCUT2D eigenvalue weighted by atomic mass is 35.5. The summed E-state index contributed by atoms with van der Waals surface area (Å²) in [5.41, 5.74) is 0.199. The molecular formula is C14H15Cl2N3OS. The van der Waals surface area contributed by atoms with Crippen molar-refractivity contribution < 1.29 is 4.79 Å². The first-order valence-electron chi connectivity index (χ1n) is 6.47. The Balaban J connectivity index is 2.18. The maximum absolute atomic E-state index is 12.3. The predicted octanol–water partition coefficient (Wildman–Crippen LogP) is 4.46. The topological polar surface area (TPSA) is 54.9 Å². The van der Waals surface area contributed by atoms with Crippen molar-refractivity contribution in [3.05, 3.63) is 44.1 Å². The fourth-order valence-corrected chi connectivity index (χ4v) is 2.96. The van der Waals surface area contributed by atoms with Gasteiger partial charge < -0.3 is 5.32 Å². The number of aromatic nitrogens is 2. The Hall–Kier alpha value is -1.17. The molecule has 7 heteroatoms. The molecule has 1 N–H and O–H groups in total. The maximum atomic E-state index is 12.3. The number of halogens is 2. The Kier molecular flexibility index (Phi) is 5.19. The molecule has 0 aliphatic carbocycles. The number of carbonyl (C=O) groups excluding carboxylic acids is 1. The van der Waals surface area contributed by atoms with Crippen LogP contribution in [-0.2, 0) is 0 Å². The number of thiophene rings is 1. The van der Waals surface area contributed by atoms with Gasteiger partial charge in [0, 0.05) is 10.8 Å². The summed E-state index contributed by atoms with van der Waals surface area (Å²) >= 11 is 13.4. The molecule has 0 aliphatic rings. The van der Waals surface area contributed by atoms with Crippen LogP contribution in [0.15, 0.2) is 18.3 Å². The van der Waals surface area contributed by atoms with Gasteiger partial charge in [-0.15, -0.1) is 11.3 Å². The lowest BCUT2D eigenvalue weighted by Crippen LogP contribution is -2.27. The summed E-state index contributed by atoms with van der Waals surface area (Å²) in [6.45, 7) is 5.81.